The first-order chi connectivity index (χ1) is 9.83. The highest BCUT2D eigenvalue weighted by Crippen LogP contribution is 2.19. The van der Waals surface area contributed by atoms with E-state index in [1.807, 2.05) is 12.3 Å². The standard InChI is InChI=1S/C18H24N2/c1-3-8-15-9-7-10-16(13-15)18(19-4-2)14-17-11-5-6-12-20-17/h5-7,9-13,18-19H,3-4,8,14H2,1-2H3. The quantitative estimate of drug-likeness (QED) is 0.823. The average molecular weight is 268 g/mol. The topological polar surface area (TPSA) is 24.9 Å². The number of benzene rings is 1. The van der Waals surface area contributed by atoms with Crippen LogP contribution in [0, 0.1) is 0 Å². The Labute approximate surface area is 122 Å². The average Bonchev–Trinajstić information content (AvgIpc) is 2.49. The lowest BCUT2D eigenvalue weighted by Crippen LogP contribution is -2.23. The van der Waals surface area contributed by atoms with E-state index in [9.17, 15) is 0 Å². The van der Waals surface area contributed by atoms with Gasteiger partial charge in [0.1, 0.15) is 0 Å². The van der Waals surface area contributed by atoms with Crippen LogP contribution in [0.25, 0.3) is 0 Å². The van der Waals surface area contributed by atoms with Crippen molar-refractivity contribution in [3.05, 3.63) is 65.5 Å². The van der Waals surface area contributed by atoms with Gasteiger partial charge < -0.3 is 5.32 Å². The van der Waals surface area contributed by atoms with Crippen molar-refractivity contribution in [1.82, 2.24) is 10.3 Å². The minimum absolute atomic E-state index is 0.340. The SMILES string of the molecule is CCCc1cccc(C(Cc2ccccn2)NCC)c1. The summed E-state index contributed by atoms with van der Waals surface area (Å²) in [6.45, 7) is 5.35. The number of hydrogen-bond donors (Lipinski definition) is 1. The van der Waals surface area contributed by atoms with Crippen molar-refractivity contribution >= 4 is 0 Å². The predicted molar refractivity (Wildman–Crippen MR) is 84.8 cm³/mol. The van der Waals surface area contributed by atoms with Crippen molar-refractivity contribution in [2.45, 2.75) is 39.2 Å². The van der Waals surface area contributed by atoms with Crippen LogP contribution < -0.4 is 5.32 Å². The van der Waals surface area contributed by atoms with Crippen LogP contribution in [0.15, 0.2) is 48.7 Å². The van der Waals surface area contributed by atoms with Crippen LogP contribution in [0.5, 0.6) is 0 Å². The van der Waals surface area contributed by atoms with Crippen molar-refractivity contribution in [3.63, 3.8) is 0 Å². The van der Waals surface area contributed by atoms with Crippen molar-refractivity contribution in [1.29, 1.82) is 0 Å². The summed E-state index contributed by atoms with van der Waals surface area (Å²) < 4.78 is 0. The number of hydrogen-bond acceptors (Lipinski definition) is 2. The zero-order chi connectivity index (χ0) is 14.2. The molecular formula is C18H24N2. The molecule has 1 N–H and O–H groups in total. The monoisotopic (exact) mass is 268 g/mol. The molecule has 20 heavy (non-hydrogen) atoms. The minimum atomic E-state index is 0.340. The largest absolute Gasteiger partial charge is 0.310 e. The van der Waals surface area contributed by atoms with Crippen LogP contribution in [-0.2, 0) is 12.8 Å². The zero-order valence-electron chi connectivity index (χ0n) is 12.5. The molecule has 0 aliphatic heterocycles. The Bertz CT molecular complexity index is 508. The summed E-state index contributed by atoms with van der Waals surface area (Å²) in [6.07, 6.45) is 5.14. The number of likely N-dealkylation sites (N-methyl/N-ethyl adjacent to an activating group) is 1. The molecule has 1 aromatic carbocycles. The Morgan fingerprint density at radius 2 is 2.00 bits per heavy atom. The highest BCUT2D eigenvalue weighted by Gasteiger charge is 2.12. The second-order valence-electron chi connectivity index (χ2n) is 5.13. The van der Waals surface area contributed by atoms with Crippen LogP contribution in [0.1, 0.15) is 43.1 Å². The fraction of sp³-hybridized carbons (Fsp3) is 0.389. The molecular weight excluding hydrogens is 244 g/mol. The molecule has 1 aromatic heterocycles. The van der Waals surface area contributed by atoms with E-state index in [1.54, 1.807) is 0 Å². The van der Waals surface area contributed by atoms with Gasteiger partial charge in [0.15, 0.2) is 0 Å². The van der Waals surface area contributed by atoms with Gasteiger partial charge in [-0.1, -0.05) is 50.6 Å². The molecule has 0 aliphatic carbocycles. The predicted octanol–water partition coefficient (Wildman–Crippen LogP) is 3.93. The highest BCUT2D eigenvalue weighted by atomic mass is 14.9. The number of rotatable bonds is 7. The van der Waals surface area contributed by atoms with E-state index in [0.29, 0.717) is 6.04 Å². The van der Waals surface area contributed by atoms with Crippen LogP contribution in [0.4, 0.5) is 0 Å². The lowest BCUT2D eigenvalue weighted by Gasteiger charge is -2.19. The third-order valence-corrected chi connectivity index (χ3v) is 3.48. The molecule has 0 saturated carbocycles. The van der Waals surface area contributed by atoms with Gasteiger partial charge in [0.2, 0.25) is 0 Å². The Balaban J connectivity index is 2.17. The van der Waals surface area contributed by atoms with Gasteiger partial charge in [0, 0.05) is 24.4 Å². The first-order valence-corrected chi connectivity index (χ1v) is 7.55. The number of nitrogens with zero attached hydrogens (tertiary/aromatic N) is 1. The minimum Gasteiger partial charge on any atom is -0.310 e. The fourth-order valence-corrected chi connectivity index (χ4v) is 2.54. The molecule has 106 valence electrons. The Kier molecular flexibility index (Phi) is 5.75. The van der Waals surface area contributed by atoms with Crippen molar-refractivity contribution < 1.29 is 0 Å². The molecule has 1 unspecified atom stereocenters. The molecule has 2 nitrogen and oxygen atoms in total. The second-order valence-corrected chi connectivity index (χ2v) is 5.13. The van der Waals surface area contributed by atoms with E-state index < -0.39 is 0 Å². The maximum Gasteiger partial charge on any atom is 0.0422 e. The van der Waals surface area contributed by atoms with Gasteiger partial charge in [0.25, 0.3) is 0 Å². The molecule has 0 fully saturated rings. The number of nitrogens with one attached hydrogen (secondary N) is 1. The van der Waals surface area contributed by atoms with E-state index in [-0.39, 0.29) is 0 Å². The summed E-state index contributed by atoms with van der Waals surface area (Å²) >= 11 is 0. The van der Waals surface area contributed by atoms with E-state index in [1.165, 1.54) is 17.5 Å². The smallest absolute Gasteiger partial charge is 0.0422 e. The first-order valence-electron chi connectivity index (χ1n) is 7.55. The van der Waals surface area contributed by atoms with E-state index in [0.717, 1.165) is 25.1 Å². The molecule has 0 spiro atoms. The fourth-order valence-electron chi connectivity index (χ4n) is 2.54. The molecule has 1 atom stereocenters. The molecule has 0 bridgehead atoms. The third kappa shape index (κ3) is 4.17. The molecule has 0 amide bonds. The summed E-state index contributed by atoms with van der Waals surface area (Å²) in [5.74, 6) is 0. The van der Waals surface area contributed by atoms with Gasteiger partial charge in [-0.25, -0.2) is 0 Å². The van der Waals surface area contributed by atoms with Crippen molar-refractivity contribution in [3.8, 4) is 0 Å². The molecule has 0 saturated heterocycles. The summed E-state index contributed by atoms with van der Waals surface area (Å²) in [5.41, 5.74) is 3.93. The van der Waals surface area contributed by atoms with Gasteiger partial charge in [-0.15, -0.1) is 0 Å². The molecule has 0 radical (unpaired) electrons. The van der Waals surface area contributed by atoms with Crippen LogP contribution in [-0.4, -0.2) is 11.5 Å². The van der Waals surface area contributed by atoms with Crippen molar-refractivity contribution in [2.24, 2.45) is 0 Å². The number of aryl methyl sites for hydroxylation is 1. The van der Waals surface area contributed by atoms with Gasteiger partial charge in [-0.05, 0) is 36.2 Å². The molecule has 0 aliphatic rings. The summed E-state index contributed by atoms with van der Waals surface area (Å²) in [7, 11) is 0. The summed E-state index contributed by atoms with van der Waals surface area (Å²) in [4.78, 5) is 4.45. The van der Waals surface area contributed by atoms with E-state index in [2.05, 4.69) is 60.5 Å². The van der Waals surface area contributed by atoms with Gasteiger partial charge in [-0.3, -0.25) is 4.98 Å². The molecule has 2 heteroatoms. The van der Waals surface area contributed by atoms with Gasteiger partial charge >= 0.3 is 0 Å². The number of aromatic nitrogens is 1. The molecule has 2 aromatic rings. The Morgan fingerprint density at radius 3 is 2.70 bits per heavy atom. The van der Waals surface area contributed by atoms with Crippen LogP contribution in [0.3, 0.4) is 0 Å². The van der Waals surface area contributed by atoms with Crippen LogP contribution >= 0.6 is 0 Å². The lowest BCUT2D eigenvalue weighted by atomic mass is 9.98. The lowest BCUT2D eigenvalue weighted by molar-refractivity contribution is 0.543. The normalized spacial score (nSPS) is 12.3. The summed E-state index contributed by atoms with van der Waals surface area (Å²) in [5, 5.41) is 3.58. The Morgan fingerprint density at radius 1 is 1.10 bits per heavy atom. The maximum absolute atomic E-state index is 4.45. The van der Waals surface area contributed by atoms with E-state index in [4.69, 9.17) is 0 Å². The zero-order valence-corrected chi connectivity index (χ0v) is 12.5. The maximum atomic E-state index is 4.45. The van der Waals surface area contributed by atoms with E-state index >= 15 is 0 Å². The molecule has 2 rings (SSSR count). The second kappa shape index (κ2) is 7.81. The third-order valence-electron chi connectivity index (χ3n) is 3.48. The van der Waals surface area contributed by atoms with Gasteiger partial charge in [-0.2, -0.15) is 0 Å². The summed E-state index contributed by atoms with van der Waals surface area (Å²) in [6, 6.07) is 15.4. The highest BCUT2D eigenvalue weighted by molar-refractivity contribution is 5.27. The molecule has 1 heterocycles. The number of pyridine rings is 1. The first kappa shape index (κ1) is 14.7. The van der Waals surface area contributed by atoms with Crippen molar-refractivity contribution in [2.75, 3.05) is 6.54 Å². The Hall–Kier alpha value is -1.67. The van der Waals surface area contributed by atoms with Gasteiger partial charge in [0.05, 0.1) is 0 Å². The van der Waals surface area contributed by atoms with Crippen LogP contribution in [0.2, 0.25) is 0 Å².